The van der Waals surface area contributed by atoms with Crippen molar-refractivity contribution in [3.8, 4) is 18.1 Å². The fourth-order valence-electron chi connectivity index (χ4n) is 1.70. The van der Waals surface area contributed by atoms with Crippen molar-refractivity contribution in [2.75, 3.05) is 6.61 Å². The third-order valence-electron chi connectivity index (χ3n) is 2.75. The number of nitro benzene ring substituents is 1. The first kappa shape index (κ1) is 14.3. The van der Waals surface area contributed by atoms with Crippen molar-refractivity contribution in [3.05, 3.63) is 69.8 Å². The predicted octanol–water partition coefficient (Wildman–Crippen LogP) is 2.84. The molecule has 0 atom stereocenters. The topological polar surface area (TPSA) is 69.4 Å². The Morgan fingerprint density at radius 3 is 2.71 bits per heavy atom. The van der Waals surface area contributed by atoms with E-state index in [1.807, 2.05) is 0 Å². The number of carbonyl (C=O) groups is 1. The number of nitrogens with zero attached hydrogens (tertiary/aromatic N) is 1. The van der Waals surface area contributed by atoms with Crippen molar-refractivity contribution >= 4 is 11.5 Å². The third kappa shape index (κ3) is 3.67. The van der Waals surface area contributed by atoms with Gasteiger partial charge in [-0.1, -0.05) is 24.1 Å². The number of Topliss-reactive ketones (excluding diaryl/α,β-unsaturated/α-hetero) is 1. The molecule has 2 rings (SSSR count). The van der Waals surface area contributed by atoms with E-state index in [0.29, 0.717) is 11.3 Å². The van der Waals surface area contributed by atoms with Gasteiger partial charge in [-0.25, -0.2) is 0 Å². The fraction of sp³-hybridized carbons (Fsp3) is 0.0625. The first-order valence-corrected chi connectivity index (χ1v) is 6.07. The summed E-state index contributed by atoms with van der Waals surface area (Å²) < 4.78 is 5.35. The molecule has 0 aliphatic carbocycles. The number of rotatable bonds is 5. The molecule has 0 fully saturated rings. The van der Waals surface area contributed by atoms with Gasteiger partial charge in [0.05, 0.1) is 4.92 Å². The zero-order valence-corrected chi connectivity index (χ0v) is 11.0. The summed E-state index contributed by atoms with van der Waals surface area (Å²) in [5.41, 5.74) is 0.753. The van der Waals surface area contributed by atoms with Crippen molar-refractivity contribution < 1.29 is 14.5 Å². The Balaban J connectivity index is 2.06. The molecule has 0 aromatic heterocycles. The molecule has 2 aromatic carbocycles. The second-order valence-corrected chi connectivity index (χ2v) is 4.19. The minimum Gasteiger partial charge on any atom is -0.485 e. The molecule has 21 heavy (non-hydrogen) atoms. The van der Waals surface area contributed by atoms with Gasteiger partial charge in [-0.3, -0.25) is 14.9 Å². The van der Waals surface area contributed by atoms with Crippen LogP contribution in [0.3, 0.4) is 0 Å². The molecule has 0 aliphatic rings. The summed E-state index contributed by atoms with van der Waals surface area (Å²) in [4.78, 5) is 22.1. The van der Waals surface area contributed by atoms with Gasteiger partial charge in [-0.05, 0) is 18.2 Å². The minimum atomic E-state index is -0.548. The number of carbonyl (C=O) groups excluding carboxylic acids is 1. The number of hydrogen-bond acceptors (Lipinski definition) is 4. The zero-order valence-electron chi connectivity index (χ0n) is 11.0. The normalized spacial score (nSPS) is 9.67. The van der Waals surface area contributed by atoms with Gasteiger partial charge >= 0.3 is 0 Å². The van der Waals surface area contributed by atoms with E-state index in [9.17, 15) is 14.9 Å². The maximum Gasteiger partial charge on any atom is 0.270 e. The monoisotopic (exact) mass is 281 g/mol. The van der Waals surface area contributed by atoms with E-state index in [2.05, 4.69) is 5.92 Å². The maximum absolute atomic E-state index is 12.0. The van der Waals surface area contributed by atoms with Gasteiger partial charge < -0.3 is 4.74 Å². The third-order valence-corrected chi connectivity index (χ3v) is 2.75. The highest BCUT2D eigenvalue weighted by Crippen LogP contribution is 2.15. The van der Waals surface area contributed by atoms with E-state index >= 15 is 0 Å². The lowest BCUT2D eigenvalue weighted by Gasteiger charge is -2.06. The average Bonchev–Trinajstić information content (AvgIpc) is 2.53. The van der Waals surface area contributed by atoms with Gasteiger partial charge in [0, 0.05) is 23.3 Å². The standard InChI is InChI=1S/C16H11NO4/c1-2-12-5-3-8-15(9-12)21-11-16(18)13-6-4-7-14(10-13)17(19)20/h1,3-10H,11H2. The van der Waals surface area contributed by atoms with Crippen LogP contribution in [0, 0.1) is 22.5 Å². The van der Waals surface area contributed by atoms with Crippen molar-refractivity contribution in [1.82, 2.24) is 0 Å². The van der Waals surface area contributed by atoms with Crippen LogP contribution in [0.4, 0.5) is 5.69 Å². The number of nitro groups is 1. The lowest BCUT2D eigenvalue weighted by atomic mass is 10.1. The summed E-state index contributed by atoms with van der Waals surface area (Å²) in [6, 6.07) is 12.3. The van der Waals surface area contributed by atoms with Gasteiger partial charge in [-0.15, -0.1) is 6.42 Å². The Kier molecular flexibility index (Phi) is 4.32. The molecule has 0 saturated carbocycles. The SMILES string of the molecule is C#Cc1cccc(OCC(=O)c2cccc([N+](=O)[O-])c2)c1. The van der Waals surface area contributed by atoms with E-state index in [1.54, 1.807) is 24.3 Å². The van der Waals surface area contributed by atoms with Gasteiger partial charge in [0.1, 0.15) is 5.75 Å². The van der Waals surface area contributed by atoms with E-state index in [1.165, 1.54) is 24.3 Å². The van der Waals surface area contributed by atoms with Crippen LogP contribution in [0.25, 0.3) is 0 Å². The summed E-state index contributed by atoms with van der Waals surface area (Å²) in [6.07, 6.45) is 5.27. The molecular weight excluding hydrogens is 270 g/mol. The second-order valence-electron chi connectivity index (χ2n) is 4.19. The number of benzene rings is 2. The number of ether oxygens (including phenoxy) is 1. The lowest BCUT2D eigenvalue weighted by molar-refractivity contribution is -0.384. The van der Waals surface area contributed by atoms with Crippen LogP contribution in [-0.2, 0) is 0 Å². The molecule has 0 saturated heterocycles. The lowest BCUT2D eigenvalue weighted by Crippen LogP contribution is -2.11. The number of hydrogen-bond donors (Lipinski definition) is 0. The number of ketones is 1. The molecule has 5 nitrogen and oxygen atoms in total. The van der Waals surface area contributed by atoms with Crippen LogP contribution in [-0.4, -0.2) is 17.3 Å². The van der Waals surface area contributed by atoms with Crippen LogP contribution in [0.15, 0.2) is 48.5 Å². The van der Waals surface area contributed by atoms with Gasteiger partial charge in [0.2, 0.25) is 0 Å². The van der Waals surface area contributed by atoms with E-state index in [0.717, 1.165) is 0 Å². The Morgan fingerprint density at radius 1 is 1.24 bits per heavy atom. The largest absolute Gasteiger partial charge is 0.485 e. The molecule has 0 amide bonds. The summed E-state index contributed by atoms with van der Waals surface area (Å²) in [7, 11) is 0. The molecule has 0 bridgehead atoms. The van der Waals surface area contributed by atoms with Crippen LogP contribution in [0.5, 0.6) is 5.75 Å². The molecule has 0 heterocycles. The number of terminal acetylenes is 1. The average molecular weight is 281 g/mol. The molecule has 5 heteroatoms. The summed E-state index contributed by atoms with van der Waals surface area (Å²) in [5.74, 6) is 2.60. The fourth-order valence-corrected chi connectivity index (χ4v) is 1.70. The Bertz CT molecular complexity index is 731. The Labute approximate surface area is 121 Å². The van der Waals surface area contributed by atoms with Crippen molar-refractivity contribution in [1.29, 1.82) is 0 Å². The van der Waals surface area contributed by atoms with Crippen LogP contribution < -0.4 is 4.74 Å². The van der Waals surface area contributed by atoms with E-state index < -0.39 is 4.92 Å². The quantitative estimate of drug-likeness (QED) is 0.366. The minimum absolute atomic E-state index is 0.129. The molecule has 104 valence electrons. The Morgan fingerprint density at radius 2 is 2.00 bits per heavy atom. The summed E-state index contributed by atoms with van der Waals surface area (Å²) in [5, 5.41) is 10.7. The van der Waals surface area contributed by atoms with Crippen LogP contribution >= 0.6 is 0 Å². The first-order valence-electron chi connectivity index (χ1n) is 6.07. The summed E-state index contributed by atoms with van der Waals surface area (Å²) >= 11 is 0. The van der Waals surface area contributed by atoms with Gasteiger partial charge in [0.15, 0.2) is 12.4 Å². The molecule has 0 N–H and O–H groups in total. The highest BCUT2D eigenvalue weighted by Gasteiger charge is 2.12. The maximum atomic E-state index is 12.0. The van der Waals surface area contributed by atoms with Crippen LogP contribution in [0.2, 0.25) is 0 Å². The van der Waals surface area contributed by atoms with Crippen molar-refractivity contribution in [2.45, 2.75) is 0 Å². The van der Waals surface area contributed by atoms with Gasteiger partial charge in [-0.2, -0.15) is 0 Å². The molecule has 0 radical (unpaired) electrons. The second kappa shape index (κ2) is 6.35. The molecular formula is C16H11NO4. The van der Waals surface area contributed by atoms with Crippen LogP contribution in [0.1, 0.15) is 15.9 Å². The summed E-state index contributed by atoms with van der Waals surface area (Å²) in [6.45, 7) is -0.213. The predicted molar refractivity (Wildman–Crippen MR) is 77.3 cm³/mol. The smallest absolute Gasteiger partial charge is 0.270 e. The number of non-ortho nitro benzene ring substituents is 1. The molecule has 0 aliphatic heterocycles. The molecule has 0 unspecified atom stereocenters. The first-order chi connectivity index (χ1) is 10.1. The van der Waals surface area contributed by atoms with Crippen molar-refractivity contribution in [3.63, 3.8) is 0 Å². The Hall–Kier alpha value is -3.13. The molecule has 2 aromatic rings. The highest BCUT2D eigenvalue weighted by atomic mass is 16.6. The van der Waals surface area contributed by atoms with Crippen molar-refractivity contribution in [2.24, 2.45) is 0 Å². The zero-order chi connectivity index (χ0) is 15.2. The highest BCUT2D eigenvalue weighted by molar-refractivity contribution is 5.97. The van der Waals surface area contributed by atoms with Gasteiger partial charge in [0.25, 0.3) is 5.69 Å². The van der Waals surface area contributed by atoms with E-state index in [-0.39, 0.29) is 23.6 Å². The molecule has 0 spiro atoms. The van der Waals surface area contributed by atoms with E-state index in [4.69, 9.17) is 11.2 Å².